The lowest BCUT2D eigenvalue weighted by atomic mass is 9.84. The van der Waals surface area contributed by atoms with Crippen molar-refractivity contribution in [2.75, 3.05) is 0 Å². The molecule has 8 rings (SSSR count). The molecule has 2 heterocycles. The number of nitrogens with two attached hydrogens (primary N) is 1. The van der Waals surface area contributed by atoms with Crippen molar-refractivity contribution < 1.29 is 28.1 Å². The topological polar surface area (TPSA) is 169 Å². The van der Waals surface area contributed by atoms with Crippen LogP contribution >= 0.6 is 0 Å². The van der Waals surface area contributed by atoms with Gasteiger partial charge in [-0.25, -0.2) is 14.5 Å². The third-order valence-electron chi connectivity index (χ3n) is 10.5. The van der Waals surface area contributed by atoms with Crippen molar-refractivity contribution in [3.63, 3.8) is 0 Å². The summed E-state index contributed by atoms with van der Waals surface area (Å²) in [5.41, 5.74) is 14.2. The number of fused-ring (bicyclic) bond motifs is 2. The van der Waals surface area contributed by atoms with Gasteiger partial charge in [0.1, 0.15) is 17.1 Å². The van der Waals surface area contributed by atoms with Crippen LogP contribution in [0, 0.1) is 13.1 Å². The van der Waals surface area contributed by atoms with E-state index < -0.39 is 11.7 Å². The summed E-state index contributed by atoms with van der Waals surface area (Å²) in [5.74, 6) is 2.82. The number of nitrogens with zero attached hydrogens (tertiary/aromatic N) is 6. The van der Waals surface area contributed by atoms with E-state index >= 15 is 0 Å². The molecule has 0 saturated carbocycles. The summed E-state index contributed by atoms with van der Waals surface area (Å²) in [7, 11) is 0. The van der Waals surface area contributed by atoms with E-state index in [0.717, 1.165) is 60.8 Å². The van der Waals surface area contributed by atoms with E-state index in [9.17, 15) is 4.79 Å². The molecule has 2 aliphatic carbocycles. The molecule has 0 radical (unpaired) electrons. The molecule has 324 valence electrons. The number of rotatable bonds is 9. The minimum atomic E-state index is -0.559. The Bertz CT molecular complexity index is 2680. The third kappa shape index (κ3) is 10.4. The first-order chi connectivity index (χ1) is 30.2. The molecule has 14 nitrogen and oxygen atoms in total. The van der Waals surface area contributed by atoms with E-state index in [0.29, 0.717) is 57.4 Å². The van der Waals surface area contributed by atoms with Gasteiger partial charge in [0.05, 0.1) is 31.4 Å². The summed E-state index contributed by atoms with van der Waals surface area (Å²) in [6.07, 6.45) is 5.16. The van der Waals surface area contributed by atoms with Crippen LogP contribution in [0.4, 0.5) is 16.2 Å². The summed E-state index contributed by atoms with van der Waals surface area (Å²) >= 11 is 0. The van der Waals surface area contributed by atoms with Gasteiger partial charge in [0.15, 0.2) is 0 Å². The molecule has 63 heavy (non-hydrogen) atoms. The van der Waals surface area contributed by atoms with E-state index in [1.165, 1.54) is 11.1 Å². The van der Waals surface area contributed by atoms with Gasteiger partial charge in [-0.1, -0.05) is 46.7 Å². The number of carbonyl (C=O) groups excluding carboxylic acids is 1. The van der Waals surface area contributed by atoms with Gasteiger partial charge in [-0.2, -0.15) is 9.97 Å². The molecular weight excluding hydrogens is 797 g/mol. The molecule has 4 aromatic carbocycles. The van der Waals surface area contributed by atoms with E-state index in [2.05, 4.69) is 41.4 Å². The van der Waals surface area contributed by atoms with Crippen LogP contribution in [-0.2, 0) is 17.6 Å². The highest BCUT2D eigenvalue weighted by molar-refractivity contribution is 5.73. The number of ether oxygens (including phenoxy) is 3. The summed E-state index contributed by atoms with van der Waals surface area (Å²) in [6, 6.07) is 22.5. The first kappa shape index (κ1) is 44.0. The van der Waals surface area contributed by atoms with Gasteiger partial charge in [-0.3, -0.25) is 0 Å². The second-order valence-electron chi connectivity index (χ2n) is 17.1. The fourth-order valence-electron chi connectivity index (χ4n) is 7.84. The second-order valence-corrected chi connectivity index (χ2v) is 17.1. The molecule has 3 N–H and O–H groups in total. The smallest absolute Gasteiger partial charge is 0.408 e. The lowest BCUT2D eigenvalue weighted by Gasteiger charge is -2.29. The number of hydrogen-bond acceptors (Lipinski definition) is 11. The first-order valence-electron chi connectivity index (χ1n) is 21.2. The maximum Gasteiger partial charge on any atom is 0.408 e. The monoisotopic (exact) mass is 848 g/mol. The van der Waals surface area contributed by atoms with Crippen molar-refractivity contribution in [3.8, 4) is 57.2 Å². The van der Waals surface area contributed by atoms with Crippen LogP contribution in [0.1, 0.15) is 108 Å². The van der Waals surface area contributed by atoms with Crippen molar-refractivity contribution >= 4 is 17.5 Å². The van der Waals surface area contributed by atoms with Gasteiger partial charge in [0.2, 0.25) is 23.0 Å². The van der Waals surface area contributed by atoms with E-state index in [1.54, 1.807) is 24.3 Å². The predicted molar refractivity (Wildman–Crippen MR) is 239 cm³/mol. The van der Waals surface area contributed by atoms with Crippen LogP contribution in [0.5, 0.6) is 11.5 Å². The number of aromatic nitrogens is 4. The first-order valence-corrected chi connectivity index (χ1v) is 21.2. The zero-order valence-corrected chi connectivity index (χ0v) is 36.7. The Kier molecular flexibility index (Phi) is 13.2. The quantitative estimate of drug-likeness (QED) is 0.133. The average molecular weight is 849 g/mol. The number of benzene rings is 4. The van der Waals surface area contributed by atoms with Crippen molar-refractivity contribution in [1.82, 2.24) is 25.6 Å². The molecule has 6 aromatic rings. The molecule has 2 aromatic heterocycles. The zero-order valence-electron chi connectivity index (χ0n) is 36.7. The number of hydrogen-bond donors (Lipinski definition) is 2. The Balaban J connectivity index is 0.000000193. The van der Waals surface area contributed by atoms with E-state index in [-0.39, 0.29) is 24.3 Å². The summed E-state index contributed by atoms with van der Waals surface area (Å²) in [6.45, 7) is 28.1. The SMILES string of the molecule is [C-]#[N+]c1cc(-c2nc(-c3cccc4c3CCC[C@@H]4N)no2)ccc1OC(C)C.[C-]#[N+]c1cc(-c2nc(-c3cccc4c3CCC[C@@H]4NC(=O)OC(C)(C)C)no2)ccc1OC(C)C. The van der Waals surface area contributed by atoms with Gasteiger partial charge in [0, 0.05) is 28.3 Å². The maximum absolute atomic E-state index is 12.4. The van der Waals surface area contributed by atoms with Crippen LogP contribution < -0.4 is 20.5 Å². The fraction of sp³-hybridized carbons (Fsp3) is 0.367. The second kappa shape index (κ2) is 18.9. The van der Waals surface area contributed by atoms with Crippen LogP contribution in [0.3, 0.4) is 0 Å². The highest BCUT2D eigenvalue weighted by Gasteiger charge is 2.28. The molecule has 0 unspecified atom stereocenters. The Morgan fingerprint density at radius 3 is 1.73 bits per heavy atom. The van der Waals surface area contributed by atoms with E-state index in [4.69, 9.17) is 42.1 Å². The largest absolute Gasteiger partial charge is 0.502 e. The summed E-state index contributed by atoms with van der Waals surface area (Å²) < 4.78 is 27.9. The highest BCUT2D eigenvalue weighted by Crippen LogP contribution is 2.39. The molecule has 0 aliphatic heterocycles. The minimum absolute atomic E-state index is 0.00279. The summed E-state index contributed by atoms with van der Waals surface area (Å²) in [5, 5.41) is 11.4. The molecule has 0 spiro atoms. The Morgan fingerprint density at radius 1 is 0.746 bits per heavy atom. The number of nitrogens with one attached hydrogen (secondary N) is 1. The van der Waals surface area contributed by atoms with Gasteiger partial charge in [-0.05, 0) is 146 Å². The lowest BCUT2D eigenvalue weighted by Crippen LogP contribution is -2.36. The standard InChI is InChI=1S/C27H30N4O4.C22H22N4O2/c1-16(2)33-23-14-13-17(15-22(23)28-6)25-30-24(31-35-25)20-11-7-10-19-18(20)9-8-12-21(19)29-26(32)34-27(3,4)5;1-13(2)27-20-11-10-14(12-19(20)24-3)22-25-21(26-28-22)17-8-4-7-16-15(17)6-5-9-18(16)23/h7,10-11,13-16,21H,8-9,12H2,1-5H3,(H,29,32);4,7-8,10-13,18H,5-6,9,23H2,1-2H3/t21-;18-/m00/s1. The van der Waals surface area contributed by atoms with Gasteiger partial charge in [0.25, 0.3) is 11.8 Å². The Morgan fingerprint density at radius 2 is 1.24 bits per heavy atom. The Hall–Kier alpha value is -7.03. The third-order valence-corrected chi connectivity index (χ3v) is 10.5. The normalized spacial score (nSPS) is 15.6. The van der Waals surface area contributed by atoms with Crippen LogP contribution in [0.25, 0.3) is 55.4 Å². The molecule has 1 amide bonds. The molecule has 0 fully saturated rings. The van der Waals surface area contributed by atoms with Crippen LogP contribution in [0.2, 0.25) is 0 Å². The molecule has 0 saturated heterocycles. The minimum Gasteiger partial charge on any atom is -0.502 e. The summed E-state index contributed by atoms with van der Waals surface area (Å²) in [4.78, 5) is 28.7. The molecule has 0 bridgehead atoms. The van der Waals surface area contributed by atoms with Crippen LogP contribution in [-0.4, -0.2) is 44.2 Å². The van der Waals surface area contributed by atoms with Gasteiger partial charge < -0.3 is 34.3 Å². The molecule has 2 aliphatic rings. The molecule has 2 atom stereocenters. The van der Waals surface area contributed by atoms with Crippen LogP contribution in [0.15, 0.2) is 81.8 Å². The molecular formula is C49H52N8O6. The van der Waals surface area contributed by atoms with Crippen molar-refractivity contribution in [1.29, 1.82) is 0 Å². The predicted octanol–water partition coefficient (Wildman–Crippen LogP) is 11.7. The lowest BCUT2D eigenvalue weighted by molar-refractivity contribution is 0.0498. The number of carbonyl (C=O) groups is 1. The zero-order chi connectivity index (χ0) is 44.8. The average Bonchev–Trinajstić information content (AvgIpc) is 3.95. The number of amides is 1. The van der Waals surface area contributed by atoms with Crippen molar-refractivity contribution in [2.24, 2.45) is 5.73 Å². The van der Waals surface area contributed by atoms with Gasteiger partial charge >= 0.3 is 6.09 Å². The van der Waals surface area contributed by atoms with E-state index in [1.807, 2.05) is 90.9 Å². The maximum atomic E-state index is 12.4. The highest BCUT2D eigenvalue weighted by atomic mass is 16.6. The van der Waals surface area contributed by atoms with Gasteiger partial charge in [-0.15, -0.1) is 0 Å². The Labute approximate surface area is 367 Å². The van der Waals surface area contributed by atoms with Crippen molar-refractivity contribution in [3.05, 3.63) is 118 Å². The van der Waals surface area contributed by atoms with Crippen molar-refractivity contribution in [2.45, 2.75) is 117 Å². The molecule has 14 heteroatoms. The number of alkyl carbamates (subject to hydrolysis) is 1. The fourth-order valence-corrected chi connectivity index (χ4v) is 7.84.